The van der Waals surface area contributed by atoms with Gasteiger partial charge in [0, 0.05) is 32.0 Å². The number of amides is 2. The Labute approximate surface area is 128 Å². The second-order valence-corrected chi connectivity index (χ2v) is 6.62. The van der Waals surface area contributed by atoms with E-state index >= 15 is 0 Å². The van der Waals surface area contributed by atoms with E-state index in [1.165, 1.54) is 0 Å². The second kappa shape index (κ2) is 9.77. The fourth-order valence-electron chi connectivity index (χ4n) is 2.62. The zero-order valence-corrected chi connectivity index (χ0v) is 13.5. The zero-order chi connectivity index (χ0) is 15.7. The van der Waals surface area contributed by atoms with Crippen LogP contribution in [-0.2, 0) is 9.59 Å². The third kappa shape index (κ3) is 8.71. The Morgan fingerprint density at radius 1 is 1.05 bits per heavy atom. The van der Waals surface area contributed by atoms with E-state index in [4.69, 9.17) is 5.73 Å². The lowest BCUT2D eigenvalue weighted by molar-refractivity contribution is -0.122. The van der Waals surface area contributed by atoms with Gasteiger partial charge in [0.1, 0.15) is 0 Å². The number of hydrogen-bond donors (Lipinski definition) is 3. The number of nitrogens with two attached hydrogens (primary N) is 1. The molecule has 1 aliphatic carbocycles. The van der Waals surface area contributed by atoms with Gasteiger partial charge in [0.2, 0.25) is 11.8 Å². The van der Waals surface area contributed by atoms with Gasteiger partial charge in [-0.3, -0.25) is 9.59 Å². The molecule has 0 aromatic heterocycles. The van der Waals surface area contributed by atoms with Crippen LogP contribution in [0, 0.1) is 11.8 Å². The van der Waals surface area contributed by atoms with Crippen LogP contribution in [0.1, 0.15) is 58.8 Å². The lowest BCUT2D eigenvalue weighted by atomic mass is 9.84. The lowest BCUT2D eigenvalue weighted by Gasteiger charge is -2.25. The summed E-state index contributed by atoms with van der Waals surface area (Å²) in [5.41, 5.74) is 5.87. The number of carbonyl (C=O) groups excluding carboxylic acids is 2. The highest BCUT2D eigenvalue weighted by atomic mass is 16.2. The summed E-state index contributed by atoms with van der Waals surface area (Å²) >= 11 is 0. The van der Waals surface area contributed by atoms with Crippen LogP contribution >= 0.6 is 0 Å². The van der Waals surface area contributed by atoms with Crippen molar-refractivity contribution in [3.05, 3.63) is 0 Å². The Morgan fingerprint density at radius 2 is 1.67 bits per heavy atom. The average Bonchev–Trinajstić information content (AvgIpc) is 2.44. The van der Waals surface area contributed by atoms with Crippen molar-refractivity contribution in [3.8, 4) is 0 Å². The van der Waals surface area contributed by atoms with E-state index in [0.717, 1.165) is 32.1 Å². The minimum Gasteiger partial charge on any atom is -0.356 e. The summed E-state index contributed by atoms with van der Waals surface area (Å²) in [6.45, 7) is 5.23. The molecule has 5 nitrogen and oxygen atoms in total. The summed E-state index contributed by atoms with van der Waals surface area (Å²) in [6, 6.07) is 0.361. The molecule has 0 bridgehead atoms. The molecule has 0 aliphatic heterocycles. The van der Waals surface area contributed by atoms with E-state index in [1.54, 1.807) is 0 Å². The third-order valence-corrected chi connectivity index (χ3v) is 4.05. The molecular formula is C16H31N3O2. The maximum Gasteiger partial charge on any atom is 0.221 e. The Kier molecular flexibility index (Phi) is 8.35. The maximum absolute atomic E-state index is 11.7. The topological polar surface area (TPSA) is 84.2 Å². The van der Waals surface area contributed by atoms with Crippen LogP contribution < -0.4 is 16.4 Å². The molecule has 21 heavy (non-hydrogen) atoms. The van der Waals surface area contributed by atoms with E-state index in [0.29, 0.717) is 43.8 Å². The van der Waals surface area contributed by atoms with Gasteiger partial charge in [-0.15, -0.1) is 0 Å². The number of nitrogens with one attached hydrogen (secondary N) is 2. The predicted molar refractivity (Wildman–Crippen MR) is 84.6 cm³/mol. The van der Waals surface area contributed by atoms with Crippen molar-refractivity contribution in [2.24, 2.45) is 17.6 Å². The Balaban J connectivity index is 2.02. The molecular weight excluding hydrogens is 266 g/mol. The van der Waals surface area contributed by atoms with Gasteiger partial charge in [-0.1, -0.05) is 13.8 Å². The third-order valence-electron chi connectivity index (χ3n) is 4.05. The number of carbonyl (C=O) groups is 2. The molecule has 0 atom stereocenters. The van der Waals surface area contributed by atoms with Crippen LogP contribution in [-0.4, -0.2) is 30.9 Å². The smallest absolute Gasteiger partial charge is 0.221 e. The summed E-state index contributed by atoms with van der Waals surface area (Å²) in [5, 5.41) is 5.67. The molecule has 5 heteroatoms. The summed E-state index contributed by atoms with van der Waals surface area (Å²) < 4.78 is 0. The van der Waals surface area contributed by atoms with Crippen molar-refractivity contribution < 1.29 is 9.59 Å². The van der Waals surface area contributed by atoms with E-state index < -0.39 is 0 Å². The minimum absolute atomic E-state index is 0.00488. The van der Waals surface area contributed by atoms with Crippen LogP contribution in [0.3, 0.4) is 0 Å². The molecule has 0 unspecified atom stereocenters. The van der Waals surface area contributed by atoms with E-state index in [1.807, 2.05) is 0 Å². The Morgan fingerprint density at radius 3 is 2.29 bits per heavy atom. The molecule has 0 heterocycles. The zero-order valence-electron chi connectivity index (χ0n) is 13.5. The van der Waals surface area contributed by atoms with Crippen molar-refractivity contribution >= 4 is 11.8 Å². The van der Waals surface area contributed by atoms with Crippen molar-refractivity contribution in [2.45, 2.75) is 64.8 Å². The van der Waals surface area contributed by atoms with E-state index in [9.17, 15) is 9.59 Å². The monoisotopic (exact) mass is 297 g/mol. The Bertz CT molecular complexity index is 323. The Hall–Kier alpha value is -1.10. The molecule has 0 saturated heterocycles. The first-order valence-corrected chi connectivity index (χ1v) is 8.26. The molecule has 0 aromatic rings. The highest BCUT2D eigenvalue weighted by molar-refractivity contribution is 5.78. The predicted octanol–water partition coefficient (Wildman–Crippen LogP) is 1.56. The molecule has 2 amide bonds. The fourth-order valence-corrected chi connectivity index (χ4v) is 2.62. The van der Waals surface area contributed by atoms with Crippen LogP contribution in [0.5, 0.6) is 0 Å². The van der Waals surface area contributed by atoms with Gasteiger partial charge >= 0.3 is 0 Å². The molecule has 122 valence electrons. The van der Waals surface area contributed by atoms with Crippen molar-refractivity contribution in [3.63, 3.8) is 0 Å². The van der Waals surface area contributed by atoms with Gasteiger partial charge in [-0.05, 0) is 43.9 Å². The van der Waals surface area contributed by atoms with Crippen molar-refractivity contribution in [1.29, 1.82) is 0 Å². The molecule has 0 spiro atoms. The minimum atomic E-state index is 0.00488. The van der Waals surface area contributed by atoms with Gasteiger partial charge < -0.3 is 16.4 Å². The summed E-state index contributed by atoms with van der Waals surface area (Å²) in [7, 11) is 0. The van der Waals surface area contributed by atoms with E-state index in [2.05, 4.69) is 24.5 Å². The lowest BCUT2D eigenvalue weighted by Crippen LogP contribution is -2.32. The van der Waals surface area contributed by atoms with Gasteiger partial charge in [0.15, 0.2) is 0 Å². The van der Waals surface area contributed by atoms with Crippen LogP contribution in [0.15, 0.2) is 0 Å². The molecule has 0 radical (unpaired) electrons. The molecule has 1 aliphatic rings. The molecule has 1 saturated carbocycles. The normalized spacial score (nSPS) is 22.1. The summed E-state index contributed by atoms with van der Waals surface area (Å²) in [5.74, 6) is 1.16. The summed E-state index contributed by atoms with van der Waals surface area (Å²) in [6.07, 6.45) is 6.32. The first-order chi connectivity index (χ1) is 9.97. The highest BCUT2D eigenvalue weighted by Crippen LogP contribution is 2.26. The molecule has 0 aromatic carbocycles. The van der Waals surface area contributed by atoms with Crippen molar-refractivity contribution in [1.82, 2.24) is 10.6 Å². The average molecular weight is 297 g/mol. The van der Waals surface area contributed by atoms with Gasteiger partial charge in [-0.25, -0.2) is 0 Å². The second-order valence-electron chi connectivity index (χ2n) is 6.62. The first-order valence-electron chi connectivity index (χ1n) is 8.26. The SMILES string of the molecule is CC(C)CNC(=O)CCNC(=O)CCC1CCC(N)CC1. The fraction of sp³-hybridized carbons (Fsp3) is 0.875. The molecule has 4 N–H and O–H groups in total. The summed E-state index contributed by atoms with van der Waals surface area (Å²) in [4.78, 5) is 23.2. The number of hydrogen-bond acceptors (Lipinski definition) is 3. The first kappa shape index (κ1) is 18.0. The quantitative estimate of drug-likeness (QED) is 0.635. The molecule has 1 fully saturated rings. The van der Waals surface area contributed by atoms with Gasteiger partial charge in [-0.2, -0.15) is 0 Å². The van der Waals surface area contributed by atoms with E-state index in [-0.39, 0.29) is 11.8 Å². The van der Waals surface area contributed by atoms with Crippen molar-refractivity contribution in [2.75, 3.05) is 13.1 Å². The van der Waals surface area contributed by atoms with Gasteiger partial charge in [0.25, 0.3) is 0 Å². The largest absolute Gasteiger partial charge is 0.356 e. The van der Waals surface area contributed by atoms with Crippen LogP contribution in [0.25, 0.3) is 0 Å². The highest BCUT2D eigenvalue weighted by Gasteiger charge is 2.19. The molecule has 1 rings (SSSR count). The van der Waals surface area contributed by atoms with Crippen LogP contribution in [0.2, 0.25) is 0 Å². The van der Waals surface area contributed by atoms with Gasteiger partial charge in [0.05, 0.1) is 0 Å². The maximum atomic E-state index is 11.7. The standard InChI is InChI=1S/C16H31N3O2/c1-12(2)11-19-16(21)9-10-18-15(20)8-5-13-3-6-14(17)7-4-13/h12-14H,3-11,17H2,1-2H3,(H,18,20)(H,19,21). The van der Waals surface area contributed by atoms with Crippen LogP contribution in [0.4, 0.5) is 0 Å². The number of rotatable bonds is 8.